The second kappa shape index (κ2) is 9.48. The molecule has 0 aromatic carbocycles. The molecule has 1 aliphatic rings. The lowest BCUT2D eigenvalue weighted by Gasteiger charge is -2.01. The van der Waals surface area contributed by atoms with E-state index in [1.54, 1.807) is 14.0 Å². The first-order valence-electron chi connectivity index (χ1n) is 5.24. The van der Waals surface area contributed by atoms with Crippen molar-refractivity contribution in [1.82, 2.24) is 5.06 Å². The quantitative estimate of drug-likeness (QED) is 0.236. The minimum Gasteiger partial charge on any atom is -0.454 e. The minimum atomic E-state index is -0.488. The van der Waals surface area contributed by atoms with Crippen LogP contribution >= 0.6 is 0 Å². The average molecular weight is 243 g/mol. The van der Waals surface area contributed by atoms with Crippen LogP contribution in [-0.4, -0.2) is 44.0 Å². The second-order valence-corrected chi connectivity index (χ2v) is 2.98. The third-order valence-corrected chi connectivity index (χ3v) is 1.48. The molecule has 1 fully saturated rings. The predicted molar refractivity (Wildman–Crippen MR) is 59.8 cm³/mol. The van der Waals surface area contributed by atoms with E-state index in [0.29, 0.717) is 13.2 Å². The summed E-state index contributed by atoms with van der Waals surface area (Å²) in [7, 11) is 1.56. The number of ether oxygens (including phenoxy) is 2. The Kier molecular flexibility index (Phi) is 8.51. The number of rotatable bonds is 5. The molecule has 1 saturated heterocycles. The summed E-state index contributed by atoms with van der Waals surface area (Å²) in [6, 6.07) is 0. The predicted octanol–water partition coefficient (Wildman–Crippen LogP) is 0.963. The van der Waals surface area contributed by atoms with Crippen molar-refractivity contribution in [2.75, 3.05) is 26.9 Å². The molecule has 0 atom stereocenters. The van der Waals surface area contributed by atoms with Gasteiger partial charge in [0.15, 0.2) is 0 Å². The van der Waals surface area contributed by atoms with Gasteiger partial charge in [0, 0.05) is 12.5 Å². The maximum atomic E-state index is 10.6. The van der Waals surface area contributed by atoms with Gasteiger partial charge in [-0.05, 0) is 13.3 Å². The third kappa shape index (κ3) is 10.5. The molecule has 0 aromatic rings. The first kappa shape index (κ1) is 15.3. The van der Waals surface area contributed by atoms with Crippen molar-refractivity contribution in [3.05, 3.63) is 0 Å². The molecule has 6 heteroatoms. The largest absolute Gasteiger partial charge is 0.467 e. The van der Waals surface area contributed by atoms with E-state index in [9.17, 15) is 9.59 Å². The van der Waals surface area contributed by atoms with Gasteiger partial charge in [0.05, 0.1) is 13.7 Å². The van der Waals surface area contributed by atoms with Crippen molar-refractivity contribution in [3.8, 4) is 11.8 Å². The lowest BCUT2D eigenvalue weighted by atomic mass is 10.5. The van der Waals surface area contributed by atoms with E-state index in [1.807, 2.05) is 6.92 Å². The van der Waals surface area contributed by atoms with Crippen LogP contribution in [0.3, 0.4) is 0 Å². The Balaban J connectivity index is 0.000000419. The number of carbonyl (C=O) groups excluding carboxylic acids is 2. The average Bonchev–Trinajstić information content (AvgIpc) is 2.93. The number of amides is 1. The molecule has 0 spiro atoms. The normalized spacial score (nSPS) is 11.5. The van der Waals surface area contributed by atoms with Gasteiger partial charge in [-0.15, -0.1) is 5.06 Å². The SMILES string of the molecule is CC#CC(=O)OCCOCCC.CN1OC1=O. The highest BCUT2D eigenvalue weighted by molar-refractivity contribution is 5.88. The molecule has 96 valence electrons. The fourth-order valence-corrected chi connectivity index (χ4v) is 0.675. The molecular weight excluding hydrogens is 226 g/mol. The highest BCUT2D eigenvalue weighted by Crippen LogP contribution is 2.04. The highest BCUT2D eigenvalue weighted by atomic mass is 16.9. The van der Waals surface area contributed by atoms with Crippen LogP contribution in [0.15, 0.2) is 0 Å². The summed E-state index contributed by atoms with van der Waals surface area (Å²) in [5, 5.41) is 1.15. The molecule has 0 bridgehead atoms. The van der Waals surface area contributed by atoms with Gasteiger partial charge in [0.2, 0.25) is 0 Å². The molecule has 0 N–H and O–H groups in total. The van der Waals surface area contributed by atoms with Gasteiger partial charge >= 0.3 is 12.1 Å². The van der Waals surface area contributed by atoms with Crippen molar-refractivity contribution in [3.63, 3.8) is 0 Å². The van der Waals surface area contributed by atoms with Crippen molar-refractivity contribution >= 4 is 12.1 Å². The van der Waals surface area contributed by atoms with Gasteiger partial charge < -0.3 is 14.3 Å². The van der Waals surface area contributed by atoms with Gasteiger partial charge in [-0.25, -0.2) is 9.59 Å². The van der Waals surface area contributed by atoms with Gasteiger partial charge in [-0.2, -0.15) is 0 Å². The van der Waals surface area contributed by atoms with E-state index in [0.717, 1.165) is 11.5 Å². The zero-order valence-electron chi connectivity index (χ0n) is 10.3. The summed E-state index contributed by atoms with van der Waals surface area (Å²) in [4.78, 5) is 24.3. The summed E-state index contributed by atoms with van der Waals surface area (Å²) in [6.07, 6.45) is 0.730. The first-order valence-corrected chi connectivity index (χ1v) is 5.24. The fraction of sp³-hybridized carbons (Fsp3) is 0.636. The molecule has 0 radical (unpaired) electrons. The van der Waals surface area contributed by atoms with E-state index >= 15 is 0 Å². The smallest absolute Gasteiger partial charge is 0.454 e. The molecule has 1 aliphatic heterocycles. The Hall–Kier alpha value is -1.74. The van der Waals surface area contributed by atoms with Crippen LogP contribution in [0.25, 0.3) is 0 Å². The lowest BCUT2D eigenvalue weighted by Crippen LogP contribution is -2.09. The van der Waals surface area contributed by atoms with Gasteiger partial charge in [0.1, 0.15) is 6.61 Å². The number of nitrogens with zero attached hydrogens (tertiary/aromatic N) is 1. The molecule has 0 aromatic heterocycles. The third-order valence-electron chi connectivity index (χ3n) is 1.48. The number of hydrogen-bond acceptors (Lipinski definition) is 5. The number of carbonyl (C=O) groups is 2. The van der Waals surface area contributed by atoms with Crippen LogP contribution in [0.4, 0.5) is 4.79 Å². The maximum Gasteiger partial charge on any atom is 0.467 e. The summed E-state index contributed by atoms with van der Waals surface area (Å²) < 4.78 is 9.78. The first-order chi connectivity index (χ1) is 8.11. The Labute approximate surface area is 101 Å². The Bertz CT molecular complexity index is 305. The lowest BCUT2D eigenvalue weighted by molar-refractivity contribution is -0.138. The summed E-state index contributed by atoms with van der Waals surface area (Å²) in [6.45, 7) is 5.05. The Morgan fingerprint density at radius 3 is 2.41 bits per heavy atom. The van der Waals surface area contributed by atoms with Gasteiger partial charge in [-0.3, -0.25) is 0 Å². The fourth-order valence-electron chi connectivity index (χ4n) is 0.675. The molecule has 1 rings (SSSR count). The molecular formula is C11H17NO5. The Morgan fingerprint density at radius 2 is 2.00 bits per heavy atom. The molecule has 0 aliphatic carbocycles. The molecule has 6 nitrogen and oxygen atoms in total. The number of hydrogen-bond donors (Lipinski definition) is 0. The van der Waals surface area contributed by atoms with E-state index in [4.69, 9.17) is 9.47 Å². The van der Waals surface area contributed by atoms with Crippen molar-refractivity contribution in [2.45, 2.75) is 20.3 Å². The summed E-state index contributed by atoms with van der Waals surface area (Å²) in [5.41, 5.74) is 0. The van der Waals surface area contributed by atoms with Crippen LogP contribution in [-0.2, 0) is 19.1 Å². The second-order valence-electron chi connectivity index (χ2n) is 2.98. The van der Waals surface area contributed by atoms with E-state index in [2.05, 4.69) is 16.7 Å². The van der Waals surface area contributed by atoms with Crippen LogP contribution in [0.1, 0.15) is 20.3 Å². The van der Waals surface area contributed by atoms with Crippen LogP contribution < -0.4 is 0 Å². The van der Waals surface area contributed by atoms with Crippen LogP contribution in [0.5, 0.6) is 0 Å². The zero-order chi connectivity index (χ0) is 13.1. The van der Waals surface area contributed by atoms with Crippen LogP contribution in [0.2, 0.25) is 0 Å². The topological polar surface area (TPSA) is 68.1 Å². The van der Waals surface area contributed by atoms with Crippen LogP contribution in [0, 0.1) is 11.8 Å². The minimum absolute atomic E-state index is 0.245. The molecule has 1 amide bonds. The molecule has 0 unspecified atom stereocenters. The summed E-state index contributed by atoms with van der Waals surface area (Å²) in [5.74, 6) is 4.24. The highest BCUT2D eigenvalue weighted by Gasteiger charge is 2.28. The standard InChI is InChI=1S/C9H14O3.C2H3NO2/c1-3-5-9(10)12-8-7-11-6-4-2;1-3-2(4)5-3/h4,6-8H2,1-2H3;1H3. The summed E-state index contributed by atoms with van der Waals surface area (Å²) >= 11 is 0. The molecule has 1 heterocycles. The van der Waals surface area contributed by atoms with E-state index in [1.165, 1.54) is 0 Å². The number of esters is 1. The van der Waals surface area contributed by atoms with Gasteiger partial charge in [-0.1, -0.05) is 12.8 Å². The number of hydroxylamine groups is 2. The van der Waals surface area contributed by atoms with Crippen molar-refractivity contribution in [2.24, 2.45) is 0 Å². The Morgan fingerprint density at radius 1 is 1.41 bits per heavy atom. The van der Waals surface area contributed by atoms with E-state index in [-0.39, 0.29) is 12.7 Å². The zero-order valence-corrected chi connectivity index (χ0v) is 10.3. The van der Waals surface area contributed by atoms with E-state index < -0.39 is 5.97 Å². The van der Waals surface area contributed by atoms with Gasteiger partial charge in [0.25, 0.3) is 0 Å². The van der Waals surface area contributed by atoms with Crippen molar-refractivity contribution in [1.29, 1.82) is 0 Å². The molecule has 0 saturated carbocycles. The molecule has 17 heavy (non-hydrogen) atoms. The van der Waals surface area contributed by atoms with Crippen molar-refractivity contribution < 1.29 is 23.9 Å². The maximum absolute atomic E-state index is 10.6. The monoisotopic (exact) mass is 243 g/mol.